The molecular weight excluding hydrogens is 622 g/mol. The number of nitrogens with two attached hydrogens (primary N) is 3. The molecule has 16 heteroatoms. The van der Waals surface area contributed by atoms with Crippen LogP contribution in [0.2, 0.25) is 0 Å². The number of nitrogens with one attached hydrogen (secondary N) is 7. The molecule has 0 saturated carbocycles. The lowest BCUT2D eigenvalue weighted by atomic mass is 10.0. The van der Waals surface area contributed by atoms with Crippen LogP contribution in [-0.2, 0) is 39.1 Å². The van der Waals surface area contributed by atoms with Crippen LogP contribution in [0.3, 0.4) is 0 Å². The lowest BCUT2D eigenvalue weighted by Gasteiger charge is -2.27. The maximum absolute atomic E-state index is 13.9. The summed E-state index contributed by atoms with van der Waals surface area (Å²) in [7, 11) is 1.76. The Labute approximate surface area is 281 Å². The number of unbranched alkanes of at least 4 members (excludes halogenated alkanes) is 1. The summed E-state index contributed by atoms with van der Waals surface area (Å²) in [6, 6.07) is 5.35. The number of carbonyl (C=O) groups is 4. The average molecular weight is 674 g/mol. The SMILES string of the molecule is CC(C)NC(CCCNC(=N)N)C(=O)NC(Cc1cn(C)c(=S)[nH]1)C(=O)NC(CCCCN)C(=O)NC(Cc1ccccc1)C(N)=O. The molecule has 0 spiro atoms. The number of aryl methyl sites for hydroxylation is 1. The van der Waals surface area contributed by atoms with Crippen LogP contribution in [0.5, 0.6) is 0 Å². The Kier molecular flexibility index (Phi) is 16.6. The molecule has 4 atom stereocenters. The van der Waals surface area contributed by atoms with Crippen LogP contribution in [0.25, 0.3) is 0 Å². The van der Waals surface area contributed by atoms with E-state index in [0.29, 0.717) is 49.2 Å². The average Bonchev–Trinajstić information content (AvgIpc) is 3.33. The highest BCUT2D eigenvalue weighted by Gasteiger charge is 2.31. The summed E-state index contributed by atoms with van der Waals surface area (Å²) in [5.41, 5.74) is 18.1. The van der Waals surface area contributed by atoms with E-state index in [1.807, 2.05) is 44.2 Å². The van der Waals surface area contributed by atoms with Crippen LogP contribution >= 0.6 is 12.2 Å². The zero-order chi connectivity index (χ0) is 34.9. The molecule has 0 fully saturated rings. The van der Waals surface area contributed by atoms with Gasteiger partial charge in [0.2, 0.25) is 23.6 Å². The summed E-state index contributed by atoms with van der Waals surface area (Å²) in [6.07, 6.45) is 4.33. The van der Waals surface area contributed by atoms with Gasteiger partial charge in [0.15, 0.2) is 10.7 Å². The van der Waals surface area contributed by atoms with E-state index in [9.17, 15) is 19.2 Å². The van der Waals surface area contributed by atoms with Crippen molar-refractivity contribution in [2.75, 3.05) is 13.1 Å². The number of nitrogens with zero attached hydrogens (tertiary/aromatic N) is 1. The van der Waals surface area contributed by atoms with E-state index < -0.39 is 47.8 Å². The quantitative estimate of drug-likeness (QED) is 0.0357. The summed E-state index contributed by atoms with van der Waals surface area (Å²) in [6.45, 7) is 4.62. The fourth-order valence-corrected chi connectivity index (χ4v) is 5.14. The van der Waals surface area contributed by atoms with Crippen LogP contribution in [-0.4, -0.2) is 82.4 Å². The van der Waals surface area contributed by atoms with E-state index >= 15 is 0 Å². The van der Waals surface area contributed by atoms with Gasteiger partial charge in [-0.15, -0.1) is 0 Å². The number of guanidine groups is 1. The molecule has 0 aliphatic rings. The molecule has 1 aromatic carbocycles. The Morgan fingerprint density at radius 3 is 2.04 bits per heavy atom. The van der Waals surface area contributed by atoms with E-state index in [-0.39, 0.29) is 31.3 Å². The highest BCUT2D eigenvalue weighted by Crippen LogP contribution is 2.09. The third kappa shape index (κ3) is 14.4. The first-order chi connectivity index (χ1) is 22.3. The monoisotopic (exact) mass is 673 g/mol. The van der Waals surface area contributed by atoms with Gasteiger partial charge in [0.05, 0.1) is 6.04 Å². The van der Waals surface area contributed by atoms with Crippen molar-refractivity contribution in [1.29, 1.82) is 5.41 Å². The molecule has 1 aromatic heterocycles. The lowest BCUT2D eigenvalue weighted by molar-refractivity contribution is -0.133. The molecule has 4 unspecified atom stereocenters. The molecule has 0 aliphatic carbocycles. The molecule has 0 radical (unpaired) electrons. The minimum Gasteiger partial charge on any atom is -0.370 e. The highest BCUT2D eigenvalue weighted by atomic mass is 32.1. The summed E-state index contributed by atoms with van der Waals surface area (Å²) >= 11 is 5.30. The van der Waals surface area contributed by atoms with Crippen molar-refractivity contribution >= 4 is 41.8 Å². The largest absolute Gasteiger partial charge is 0.370 e. The standard InChI is InChI=1S/C31H51N11O4S/c1-19(2)37-22(13-9-15-36-30(34)35)27(44)41-25(17-21-18-42(3)31(47)38-21)29(46)39-23(12-7-8-14-32)28(45)40-24(26(33)43)16-20-10-5-4-6-11-20/h4-6,10-11,18-19,22-25,37H,7-9,12-17,32H2,1-3H3,(H2,33,43)(H,38,47)(H,39,46)(H,40,45)(H,41,44)(H4,34,35,36). The second-order valence-electron chi connectivity index (χ2n) is 11.8. The van der Waals surface area contributed by atoms with Gasteiger partial charge in [-0.1, -0.05) is 44.2 Å². The number of hydrogen-bond acceptors (Lipinski definition) is 8. The number of aromatic nitrogens is 2. The number of carbonyl (C=O) groups excluding carboxylic acids is 4. The topological polar surface area (TPSA) is 251 Å². The fourth-order valence-electron chi connectivity index (χ4n) is 4.96. The van der Waals surface area contributed by atoms with E-state index in [2.05, 4.69) is 31.6 Å². The van der Waals surface area contributed by atoms with Gasteiger partial charge in [0.1, 0.15) is 18.1 Å². The Morgan fingerprint density at radius 1 is 0.872 bits per heavy atom. The van der Waals surface area contributed by atoms with Crippen molar-refractivity contribution in [1.82, 2.24) is 36.1 Å². The minimum absolute atomic E-state index is 0.0336. The number of primary amides is 1. The van der Waals surface area contributed by atoms with Crippen molar-refractivity contribution in [3.8, 4) is 0 Å². The molecule has 4 amide bonds. The predicted octanol–water partition coefficient (Wildman–Crippen LogP) is -0.434. The van der Waals surface area contributed by atoms with Gasteiger partial charge in [-0.05, 0) is 56.4 Å². The lowest BCUT2D eigenvalue weighted by Crippen LogP contribution is -2.58. The summed E-state index contributed by atoms with van der Waals surface area (Å²) in [4.78, 5) is 56.3. The summed E-state index contributed by atoms with van der Waals surface area (Å²) < 4.78 is 2.13. The second-order valence-corrected chi connectivity index (χ2v) is 12.2. The van der Waals surface area contributed by atoms with E-state index in [1.54, 1.807) is 17.8 Å². The highest BCUT2D eigenvalue weighted by molar-refractivity contribution is 7.71. The van der Waals surface area contributed by atoms with Crippen LogP contribution < -0.4 is 43.8 Å². The van der Waals surface area contributed by atoms with Gasteiger partial charge < -0.3 is 53.3 Å². The van der Waals surface area contributed by atoms with Crippen LogP contribution in [0, 0.1) is 10.2 Å². The summed E-state index contributed by atoms with van der Waals surface area (Å²) in [5, 5.41) is 21.7. The number of hydrogen-bond donors (Lipinski definition) is 10. The zero-order valence-electron chi connectivity index (χ0n) is 27.4. The van der Waals surface area contributed by atoms with Crippen molar-refractivity contribution in [2.24, 2.45) is 24.2 Å². The first kappa shape index (κ1) is 38.9. The van der Waals surface area contributed by atoms with Crippen LogP contribution in [0.4, 0.5) is 0 Å². The van der Waals surface area contributed by atoms with Gasteiger partial charge in [-0.3, -0.25) is 24.6 Å². The number of amides is 4. The molecule has 15 nitrogen and oxygen atoms in total. The van der Waals surface area contributed by atoms with Crippen molar-refractivity contribution in [2.45, 2.75) is 89.0 Å². The van der Waals surface area contributed by atoms with Crippen LogP contribution in [0.15, 0.2) is 36.5 Å². The smallest absolute Gasteiger partial charge is 0.243 e. The Bertz CT molecular complexity index is 1380. The Balaban J connectivity index is 2.29. The van der Waals surface area contributed by atoms with Gasteiger partial charge in [0, 0.05) is 44.4 Å². The van der Waals surface area contributed by atoms with Gasteiger partial charge >= 0.3 is 0 Å². The third-order valence-corrected chi connectivity index (χ3v) is 7.74. The molecule has 260 valence electrons. The van der Waals surface area contributed by atoms with Gasteiger partial charge in [-0.25, -0.2) is 0 Å². The molecule has 0 aliphatic heterocycles. The molecule has 2 rings (SSSR count). The van der Waals surface area contributed by atoms with Gasteiger partial charge in [0.25, 0.3) is 0 Å². The zero-order valence-corrected chi connectivity index (χ0v) is 28.3. The number of aromatic amines is 1. The molecule has 13 N–H and O–H groups in total. The predicted molar refractivity (Wildman–Crippen MR) is 184 cm³/mol. The molecule has 0 saturated heterocycles. The van der Waals surface area contributed by atoms with Crippen molar-refractivity contribution in [3.63, 3.8) is 0 Å². The molecular formula is C31H51N11O4S. The van der Waals surface area contributed by atoms with E-state index in [1.165, 1.54) is 0 Å². The van der Waals surface area contributed by atoms with Crippen molar-refractivity contribution < 1.29 is 19.2 Å². The fraction of sp³-hybridized carbons (Fsp3) is 0.548. The molecule has 1 heterocycles. The molecule has 0 bridgehead atoms. The minimum atomic E-state index is -1.08. The maximum Gasteiger partial charge on any atom is 0.243 e. The second kappa shape index (κ2) is 20.1. The first-order valence-corrected chi connectivity index (χ1v) is 16.2. The summed E-state index contributed by atoms with van der Waals surface area (Å²) in [5.74, 6) is -2.43. The molecule has 2 aromatic rings. The number of rotatable bonds is 21. The number of H-pyrrole nitrogens is 1. The van der Waals surface area contributed by atoms with Crippen LogP contribution in [0.1, 0.15) is 57.2 Å². The normalized spacial score (nSPS) is 13.6. The van der Waals surface area contributed by atoms with Gasteiger partial charge in [-0.2, -0.15) is 0 Å². The van der Waals surface area contributed by atoms with E-state index in [0.717, 1.165) is 5.56 Å². The Morgan fingerprint density at radius 2 is 1.47 bits per heavy atom. The molecule has 47 heavy (non-hydrogen) atoms. The van der Waals surface area contributed by atoms with E-state index in [4.69, 9.17) is 34.8 Å². The third-order valence-electron chi connectivity index (χ3n) is 7.35. The number of benzene rings is 1. The maximum atomic E-state index is 13.9. The first-order valence-electron chi connectivity index (χ1n) is 15.8. The van der Waals surface area contributed by atoms with Crippen molar-refractivity contribution in [3.05, 3.63) is 52.6 Å². The number of imidazole rings is 1. The Hall–Kier alpha value is -4.28.